The van der Waals surface area contributed by atoms with E-state index in [1.54, 1.807) is 6.07 Å². The number of benzene rings is 1. The van der Waals surface area contributed by atoms with E-state index in [0.717, 1.165) is 32.1 Å². The Morgan fingerprint density at radius 1 is 1.28 bits per heavy atom. The lowest BCUT2D eigenvalue weighted by Crippen LogP contribution is -2.36. The Morgan fingerprint density at radius 3 is 2.76 bits per heavy atom. The topological polar surface area (TPSA) is 71.2 Å². The third-order valence-corrected chi connectivity index (χ3v) is 6.17. The average Bonchev–Trinajstić information content (AvgIpc) is 3.37. The van der Waals surface area contributed by atoms with E-state index >= 15 is 0 Å². The predicted molar refractivity (Wildman–Crippen MR) is 104 cm³/mol. The fraction of sp³-hybridized carbons (Fsp3) is 0.500. The van der Waals surface area contributed by atoms with Gasteiger partial charge in [0, 0.05) is 31.3 Å². The van der Waals surface area contributed by atoms with Crippen LogP contribution in [0.15, 0.2) is 30.7 Å². The summed E-state index contributed by atoms with van der Waals surface area (Å²) >= 11 is 0. The third-order valence-electron chi connectivity index (χ3n) is 6.17. The number of carbonyl (C=O) groups is 1. The molecule has 0 radical (unpaired) electrons. The molecule has 1 saturated heterocycles. The van der Waals surface area contributed by atoms with E-state index < -0.39 is 5.82 Å². The summed E-state index contributed by atoms with van der Waals surface area (Å²) in [6, 6.07) is 5.88. The summed E-state index contributed by atoms with van der Waals surface area (Å²) in [5.41, 5.74) is 2.11. The Morgan fingerprint density at radius 2 is 2.07 bits per heavy atom. The van der Waals surface area contributed by atoms with Crippen molar-refractivity contribution in [3.8, 4) is 6.07 Å². The summed E-state index contributed by atoms with van der Waals surface area (Å²) in [6.07, 6.45) is 8.99. The van der Waals surface area contributed by atoms with Crippen LogP contribution in [-0.4, -0.2) is 27.1 Å². The van der Waals surface area contributed by atoms with E-state index in [4.69, 9.17) is 10.1 Å². The Hall–Kier alpha value is -2.72. The summed E-state index contributed by atoms with van der Waals surface area (Å²) in [7, 11) is 2.01. The summed E-state index contributed by atoms with van der Waals surface area (Å²) in [4.78, 5) is 22.9. The number of aromatic nitrogens is 2. The zero-order valence-corrected chi connectivity index (χ0v) is 16.6. The molecule has 1 aliphatic carbocycles. The van der Waals surface area contributed by atoms with Crippen molar-refractivity contribution in [1.29, 1.82) is 5.26 Å². The predicted octanol–water partition coefficient (Wildman–Crippen LogP) is 3.68. The molecular weight excluding hydrogens is 371 g/mol. The number of rotatable bonds is 4. The summed E-state index contributed by atoms with van der Waals surface area (Å²) in [5, 5.41) is 10.5. The normalized spacial score (nSPS) is 24.4. The van der Waals surface area contributed by atoms with Gasteiger partial charge in [0.05, 0.1) is 30.6 Å². The van der Waals surface area contributed by atoms with Crippen molar-refractivity contribution in [2.75, 3.05) is 6.61 Å². The second-order valence-electron chi connectivity index (χ2n) is 8.10. The second-order valence-corrected chi connectivity index (χ2v) is 8.10. The lowest BCUT2D eigenvalue weighted by atomic mass is 9.79. The Kier molecular flexibility index (Phi) is 5.63. The summed E-state index contributed by atoms with van der Waals surface area (Å²) in [5.74, 6) is 0.0109. The molecule has 6 nitrogen and oxygen atoms in total. The van der Waals surface area contributed by atoms with Gasteiger partial charge in [-0.05, 0) is 61.8 Å². The van der Waals surface area contributed by atoms with Crippen LogP contribution in [0.1, 0.15) is 55.0 Å². The molecule has 2 aromatic rings. The van der Waals surface area contributed by atoms with Crippen LogP contribution in [0.5, 0.6) is 0 Å². The molecule has 2 fully saturated rings. The Balaban J connectivity index is 1.40. The highest BCUT2D eigenvalue weighted by atomic mass is 19.1. The van der Waals surface area contributed by atoms with Crippen LogP contribution >= 0.6 is 0 Å². The third kappa shape index (κ3) is 4.18. The minimum Gasteiger partial charge on any atom is -0.338 e. The highest BCUT2D eigenvalue weighted by molar-refractivity contribution is 5.78. The van der Waals surface area contributed by atoms with Crippen LogP contribution in [-0.2, 0) is 23.1 Å². The fourth-order valence-corrected chi connectivity index (χ4v) is 4.53. The largest absolute Gasteiger partial charge is 0.338 e. The highest BCUT2D eigenvalue weighted by Gasteiger charge is 2.37. The van der Waals surface area contributed by atoms with Crippen LogP contribution in [0, 0.1) is 29.0 Å². The zero-order chi connectivity index (χ0) is 20.4. The van der Waals surface area contributed by atoms with Crippen molar-refractivity contribution < 1.29 is 14.0 Å². The first-order valence-electron chi connectivity index (χ1n) is 10.2. The minimum atomic E-state index is -0.464. The minimum absolute atomic E-state index is 0.0192. The monoisotopic (exact) mass is 396 g/mol. The number of hydrogen-bond acceptors (Lipinski definition) is 4. The first-order chi connectivity index (χ1) is 14.0. The second kappa shape index (κ2) is 8.34. The molecule has 0 spiro atoms. The molecule has 1 aliphatic heterocycles. The quantitative estimate of drug-likeness (QED) is 0.790. The van der Waals surface area contributed by atoms with Gasteiger partial charge >= 0.3 is 0 Å². The molecule has 29 heavy (non-hydrogen) atoms. The van der Waals surface area contributed by atoms with Crippen LogP contribution < -0.4 is 0 Å². The lowest BCUT2D eigenvalue weighted by molar-refractivity contribution is -0.183. The molecule has 1 aromatic carbocycles. The zero-order valence-electron chi connectivity index (χ0n) is 16.6. The van der Waals surface area contributed by atoms with Gasteiger partial charge in [-0.3, -0.25) is 9.63 Å². The fourth-order valence-electron chi connectivity index (χ4n) is 4.53. The van der Waals surface area contributed by atoms with Crippen LogP contribution in [0.2, 0.25) is 0 Å². The van der Waals surface area contributed by atoms with Crippen molar-refractivity contribution in [2.45, 2.75) is 44.6 Å². The van der Waals surface area contributed by atoms with E-state index in [1.807, 2.05) is 30.2 Å². The number of nitrogens with zero attached hydrogens (tertiary/aromatic N) is 4. The molecule has 2 heterocycles. The number of halogens is 1. The van der Waals surface area contributed by atoms with Crippen molar-refractivity contribution in [3.63, 3.8) is 0 Å². The number of imidazole rings is 1. The van der Waals surface area contributed by atoms with E-state index in [1.165, 1.54) is 22.9 Å². The molecule has 0 unspecified atom stereocenters. The number of amides is 1. The van der Waals surface area contributed by atoms with Crippen LogP contribution in [0.3, 0.4) is 0 Å². The van der Waals surface area contributed by atoms with Crippen molar-refractivity contribution in [2.24, 2.45) is 18.9 Å². The van der Waals surface area contributed by atoms with E-state index in [2.05, 4.69) is 4.98 Å². The maximum absolute atomic E-state index is 13.9. The molecule has 1 amide bonds. The molecule has 4 rings (SSSR count). The molecule has 1 aromatic heterocycles. The number of hydroxylamine groups is 2. The average molecular weight is 396 g/mol. The number of carbonyl (C=O) groups excluding carboxylic acids is 1. The SMILES string of the molecule is Cn1cncc1CC1CCC(C(=O)N2OCC[C@H]2c2cc(F)cc(C#N)c2)CC1. The molecule has 1 atom stereocenters. The van der Waals surface area contributed by atoms with Gasteiger partial charge in [0.25, 0.3) is 0 Å². The summed E-state index contributed by atoms with van der Waals surface area (Å²) in [6.45, 7) is 0.421. The van der Waals surface area contributed by atoms with Crippen molar-refractivity contribution in [3.05, 3.63) is 53.4 Å². The van der Waals surface area contributed by atoms with Gasteiger partial charge in [-0.1, -0.05) is 0 Å². The number of nitriles is 1. The van der Waals surface area contributed by atoms with Crippen LogP contribution in [0.25, 0.3) is 0 Å². The Bertz CT molecular complexity index is 927. The van der Waals surface area contributed by atoms with E-state index in [-0.39, 0.29) is 23.4 Å². The van der Waals surface area contributed by atoms with E-state index in [0.29, 0.717) is 24.5 Å². The summed E-state index contributed by atoms with van der Waals surface area (Å²) < 4.78 is 15.9. The molecule has 0 bridgehead atoms. The van der Waals surface area contributed by atoms with Crippen LogP contribution in [0.4, 0.5) is 4.39 Å². The van der Waals surface area contributed by atoms with Crippen molar-refractivity contribution >= 4 is 5.91 Å². The van der Waals surface area contributed by atoms with E-state index in [9.17, 15) is 9.18 Å². The lowest BCUT2D eigenvalue weighted by Gasteiger charge is -2.32. The number of hydrogen-bond donors (Lipinski definition) is 0. The van der Waals surface area contributed by atoms with Gasteiger partial charge in [0.2, 0.25) is 5.91 Å². The first kappa shape index (κ1) is 19.6. The molecule has 152 valence electrons. The van der Waals surface area contributed by atoms with Crippen molar-refractivity contribution in [1.82, 2.24) is 14.6 Å². The molecule has 2 aliphatic rings. The van der Waals surface area contributed by atoms with Gasteiger partial charge in [-0.2, -0.15) is 5.26 Å². The van der Waals surface area contributed by atoms with Gasteiger partial charge < -0.3 is 4.57 Å². The molecule has 1 saturated carbocycles. The van der Waals surface area contributed by atoms with Gasteiger partial charge in [-0.15, -0.1) is 0 Å². The first-order valence-corrected chi connectivity index (χ1v) is 10.2. The maximum Gasteiger partial charge on any atom is 0.249 e. The van der Waals surface area contributed by atoms with Gasteiger partial charge in [-0.25, -0.2) is 14.4 Å². The maximum atomic E-state index is 13.9. The molecule has 0 N–H and O–H groups in total. The molecular formula is C22H25FN4O2. The highest BCUT2D eigenvalue weighted by Crippen LogP contribution is 2.37. The Labute approximate surface area is 169 Å². The molecule has 7 heteroatoms. The standard InChI is InChI=1S/C22H25FN4O2/c1-26-14-25-13-20(26)10-15-2-4-17(5-3-15)22(28)27-21(6-7-29-27)18-8-16(12-24)9-19(23)11-18/h8-9,11,13-15,17,21H,2-7,10H2,1H3/t15?,17?,21-/m0/s1. The smallest absolute Gasteiger partial charge is 0.249 e. The van der Waals surface area contributed by atoms with Gasteiger partial charge in [0.15, 0.2) is 0 Å². The number of aryl methyl sites for hydroxylation is 1. The van der Waals surface area contributed by atoms with Gasteiger partial charge in [0.1, 0.15) is 5.82 Å².